The topological polar surface area (TPSA) is 46.3 Å². The van der Waals surface area contributed by atoms with Gasteiger partial charge in [-0.2, -0.15) is 0 Å². The Morgan fingerprint density at radius 1 is 1.61 bits per heavy atom. The van der Waals surface area contributed by atoms with E-state index in [9.17, 15) is 4.79 Å². The summed E-state index contributed by atoms with van der Waals surface area (Å²) >= 11 is 1.65. The molecule has 18 heavy (non-hydrogen) atoms. The van der Waals surface area contributed by atoms with Crippen LogP contribution in [0.2, 0.25) is 0 Å². The number of amides is 1. The lowest BCUT2D eigenvalue weighted by molar-refractivity contribution is -0.134. The van der Waals surface area contributed by atoms with E-state index >= 15 is 0 Å². The Balaban J connectivity index is 1.96. The van der Waals surface area contributed by atoms with Crippen LogP contribution in [-0.2, 0) is 11.2 Å². The third kappa shape index (κ3) is 3.12. The summed E-state index contributed by atoms with van der Waals surface area (Å²) in [4.78, 5) is 15.5. The second-order valence-electron chi connectivity index (χ2n) is 5.03. The van der Waals surface area contributed by atoms with E-state index in [1.54, 1.807) is 11.3 Å². The quantitative estimate of drug-likeness (QED) is 0.908. The van der Waals surface area contributed by atoms with Gasteiger partial charge in [0, 0.05) is 24.0 Å². The number of carbonyl (C=O) groups is 1. The van der Waals surface area contributed by atoms with Crippen molar-refractivity contribution in [3.8, 4) is 0 Å². The minimum atomic E-state index is 0.238. The van der Waals surface area contributed by atoms with E-state index in [-0.39, 0.29) is 11.9 Å². The van der Waals surface area contributed by atoms with Crippen molar-refractivity contribution >= 4 is 17.2 Å². The number of nitrogens with zero attached hydrogens (tertiary/aromatic N) is 1. The molecule has 0 aliphatic carbocycles. The van der Waals surface area contributed by atoms with Gasteiger partial charge in [-0.1, -0.05) is 19.4 Å². The molecule has 100 valence electrons. The lowest BCUT2D eigenvalue weighted by Crippen LogP contribution is -2.50. The van der Waals surface area contributed by atoms with Gasteiger partial charge in [-0.15, -0.1) is 11.3 Å². The Morgan fingerprint density at radius 2 is 2.44 bits per heavy atom. The van der Waals surface area contributed by atoms with Crippen molar-refractivity contribution in [2.24, 2.45) is 11.7 Å². The third-order valence-electron chi connectivity index (χ3n) is 3.90. The summed E-state index contributed by atoms with van der Waals surface area (Å²) < 4.78 is 0. The van der Waals surface area contributed by atoms with E-state index in [0.29, 0.717) is 13.0 Å². The smallest absolute Gasteiger partial charge is 0.228 e. The SMILES string of the molecule is CCC1CCN(C(=O)Cc2cccs2)C(CN)C1. The number of rotatable bonds is 4. The number of carbonyl (C=O) groups excluding carboxylic acids is 1. The lowest BCUT2D eigenvalue weighted by Gasteiger charge is -2.39. The van der Waals surface area contributed by atoms with Crippen LogP contribution in [0, 0.1) is 5.92 Å². The number of nitrogens with two attached hydrogens (primary N) is 1. The first-order valence-electron chi connectivity index (χ1n) is 6.76. The molecule has 2 rings (SSSR count). The molecule has 1 fully saturated rings. The van der Waals surface area contributed by atoms with Crippen molar-refractivity contribution in [1.29, 1.82) is 0 Å². The van der Waals surface area contributed by atoms with E-state index in [1.807, 2.05) is 22.4 Å². The lowest BCUT2D eigenvalue weighted by atomic mass is 9.88. The van der Waals surface area contributed by atoms with Crippen LogP contribution in [0.1, 0.15) is 31.1 Å². The van der Waals surface area contributed by atoms with Gasteiger partial charge in [0.05, 0.1) is 6.42 Å². The zero-order chi connectivity index (χ0) is 13.0. The molecule has 0 spiro atoms. The highest BCUT2D eigenvalue weighted by molar-refractivity contribution is 7.10. The van der Waals surface area contributed by atoms with Crippen molar-refractivity contribution in [2.75, 3.05) is 13.1 Å². The predicted octanol–water partition coefficient (Wildman–Crippen LogP) is 2.27. The molecule has 0 aromatic carbocycles. The highest BCUT2D eigenvalue weighted by atomic mass is 32.1. The molecule has 2 atom stereocenters. The maximum Gasteiger partial charge on any atom is 0.228 e. The highest BCUT2D eigenvalue weighted by Gasteiger charge is 2.29. The van der Waals surface area contributed by atoms with Crippen molar-refractivity contribution in [2.45, 2.75) is 38.6 Å². The summed E-state index contributed by atoms with van der Waals surface area (Å²) in [5, 5.41) is 2.02. The van der Waals surface area contributed by atoms with Gasteiger partial charge in [-0.25, -0.2) is 0 Å². The molecule has 2 unspecified atom stereocenters. The van der Waals surface area contributed by atoms with Crippen molar-refractivity contribution < 1.29 is 4.79 Å². The Labute approximate surface area is 113 Å². The predicted molar refractivity (Wildman–Crippen MR) is 75.6 cm³/mol. The number of thiophene rings is 1. The molecule has 1 aliphatic heterocycles. The first-order chi connectivity index (χ1) is 8.74. The standard InChI is InChI=1S/C14H22N2OS/c1-2-11-5-6-16(12(8-11)10-15)14(17)9-13-4-3-7-18-13/h3-4,7,11-12H,2,5-6,8-10,15H2,1H3. The van der Waals surface area contributed by atoms with Gasteiger partial charge < -0.3 is 10.6 Å². The maximum atomic E-state index is 12.3. The minimum Gasteiger partial charge on any atom is -0.338 e. The molecular formula is C14H22N2OS. The number of likely N-dealkylation sites (tertiary alicyclic amines) is 1. The number of hydrogen-bond donors (Lipinski definition) is 1. The Bertz CT molecular complexity index is 377. The van der Waals surface area contributed by atoms with E-state index in [4.69, 9.17) is 5.73 Å². The average molecular weight is 266 g/mol. The van der Waals surface area contributed by atoms with Crippen LogP contribution in [-0.4, -0.2) is 29.9 Å². The molecule has 1 aromatic heterocycles. The Hall–Kier alpha value is -0.870. The fourth-order valence-electron chi connectivity index (χ4n) is 2.72. The minimum absolute atomic E-state index is 0.238. The third-order valence-corrected chi connectivity index (χ3v) is 4.78. The Kier molecular flexibility index (Phi) is 4.78. The van der Waals surface area contributed by atoms with Gasteiger partial charge in [0.25, 0.3) is 0 Å². The van der Waals surface area contributed by atoms with Gasteiger partial charge in [-0.3, -0.25) is 4.79 Å². The van der Waals surface area contributed by atoms with E-state index in [0.717, 1.165) is 30.2 Å². The zero-order valence-corrected chi connectivity index (χ0v) is 11.8. The molecule has 0 saturated carbocycles. The molecule has 3 nitrogen and oxygen atoms in total. The van der Waals surface area contributed by atoms with Crippen LogP contribution >= 0.6 is 11.3 Å². The molecule has 1 amide bonds. The van der Waals surface area contributed by atoms with Crippen LogP contribution < -0.4 is 5.73 Å². The van der Waals surface area contributed by atoms with Crippen LogP contribution in [0.25, 0.3) is 0 Å². The largest absolute Gasteiger partial charge is 0.338 e. The van der Waals surface area contributed by atoms with Gasteiger partial charge in [0.15, 0.2) is 0 Å². The van der Waals surface area contributed by atoms with Crippen LogP contribution in [0.15, 0.2) is 17.5 Å². The molecule has 1 saturated heterocycles. The summed E-state index contributed by atoms with van der Waals surface area (Å²) in [6.45, 7) is 3.69. The van der Waals surface area contributed by atoms with E-state index < -0.39 is 0 Å². The van der Waals surface area contributed by atoms with E-state index in [1.165, 1.54) is 6.42 Å². The Morgan fingerprint density at radius 3 is 3.06 bits per heavy atom. The molecule has 4 heteroatoms. The second kappa shape index (κ2) is 6.34. The van der Waals surface area contributed by atoms with Crippen LogP contribution in [0.4, 0.5) is 0 Å². The molecule has 0 bridgehead atoms. The molecule has 2 heterocycles. The van der Waals surface area contributed by atoms with Gasteiger partial charge in [-0.05, 0) is 30.2 Å². The summed E-state index contributed by atoms with van der Waals surface area (Å²) in [6.07, 6.45) is 3.93. The molecule has 1 aliphatic rings. The van der Waals surface area contributed by atoms with Gasteiger partial charge in [0.1, 0.15) is 0 Å². The number of hydrogen-bond acceptors (Lipinski definition) is 3. The average Bonchev–Trinajstić information content (AvgIpc) is 2.90. The first kappa shape index (κ1) is 13.6. The fraction of sp³-hybridized carbons (Fsp3) is 0.643. The molecule has 2 N–H and O–H groups in total. The van der Waals surface area contributed by atoms with Crippen molar-refractivity contribution in [3.05, 3.63) is 22.4 Å². The van der Waals surface area contributed by atoms with Crippen LogP contribution in [0.3, 0.4) is 0 Å². The maximum absolute atomic E-state index is 12.3. The summed E-state index contributed by atoms with van der Waals surface area (Å²) in [5.41, 5.74) is 5.83. The molecular weight excluding hydrogens is 244 g/mol. The highest BCUT2D eigenvalue weighted by Crippen LogP contribution is 2.25. The normalized spacial score (nSPS) is 24.2. The fourth-order valence-corrected chi connectivity index (χ4v) is 3.42. The van der Waals surface area contributed by atoms with Crippen molar-refractivity contribution in [1.82, 2.24) is 4.90 Å². The summed E-state index contributed by atoms with van der Waals surface area (Å²) in [6, 6.07) is 4.27. The zero-order valence-electron chi connectivity index (χ0n) is 11.0. The number of piperidine rings is 1. The monoisotopic (exact) mass is 266 g/mol. The summed E-state index contributed by atoms with van der Waals surface area (Å²) in [7, 11) is 0. The molecule has 0 radical (unpaired) electrons. The van der Waals surface area contributed by atoms with E-state index in [2.05, 4.69) is 6.92 Å². The second-order valence-corrected chi connectivity index (χ2v) is 6.06. The van der Waals surface area contributed by atoms with Crippen LogP contribution in [0.5, 0.6) is 0 Å². The van der Waals surface area contributed by atoms with Gasteiger partial charge in [0.2, 0.25) is 5.91 Å². The van der Waals surface area contributed by atoms with Crippen molar-refractivity contribution in [3.63, 3.8) is 0 Å². The first-order valence-corrected chi connectivity index (χ1v) is 7.64. The molecule has 1 aromatic rings. The summed E-state index contributed by atoms with van der Waals surface area (Å²) in [5.74, 6) is 0.979. The van der Waals surface area contributed by atoms with Gasteiger partial charge >= 0.3 is 0 Å².